The lowest BCUT2D eigenvalue weighted by Gasteiger charge is -1.98. The first kappa shape index (κ1) is 10.5. The van der Waals surface area contributed by atoms with Gasteiger partial charge in [0.25, 0.3) is 10.1 Å². The maximum Gasteiger partial charge on any atom is 0.266 e. The minimum atomic E-state index is -3.90. The summed E-state index contributed by atoms with van der Waals surface area (Å²) in [4.78, 5) is 10.3. The highest BCUT2D eigenvalue weighted by molar-refractivity contribution is 7.85. The predicted octanol–water partition coefficient (Wildman–Crippen LogP) is -0.947. The zero-order chi connectivity index (χ0) is 8.91. The van der Waals surface area contributed by atoms with Gasteiger partial charge in [0.05, 0.1) is 12.3 Å². The average molecular weight is 181 g/mol. The van der Waals surface area contributed by atoms with Gasteiger partial charge in [-0.25, -0.2) is 0 Å². The summed E-state index contributed by atoms with van der Waals surface area (Å²) in [6.45, 7) is 1.62. The van der Waals surface area contributed by atoms with Crippen LogP contribution in [0.15, 0.2) is 0 Å². The molecule has 0 saturated carbocycles. The summed E-state index contributed by atoms with van der Waals surface area (Å²) >= 11 is 0. The highest BCUT2D eigenvalue weighted by Gasteiger charge is 2.02. The van der Waals surface area contributed by atoms with E-state index in [1.807, 2.05) is 0 Å². The Labute approximate surface area is 65.5 Å². The van der Waals surface area contributed by atoms with E-state index < -0.39 is 10.1 Å². The molecule has 0 radical (unpaired) electrons. The van der Waals surface area contributed by atoms with Crippen LogP contribution >= 0.6 is 0 Å². The molecule has 0 saturated heterocycles. The molecule has 11 heavy (non-hydrogen) atoms. The lowest BCUT2D eigenvalue weighted by Crippen LogP contribution is -2.26. The van der Waals surface area contributed by atoms with Gasteiger partial charge in [0.15, 0.2) is 0 Å². The van der Waals surface area contributed by atoms with E-state index >= 15 is 0 Å². The topological polar surface area (TPSA) is 83.5 Å². The van der Waals surface area contributed by atoms with Gasteiger partial charge in [0.1, 0.15) is 5.78 Å². The summed E-state index contributed by atoms with van der Waals surface area (Å²) in [5.41, 5.74) is 0. The summed E-state index contributed by atoms with van der Waals surface area (Å²) < 4.78 is 28.4. The molecule has 66 valence electrons. The molecule has 0 spiro atoms. The second-order valence-corrected chi connectivity index (χ2v) is 3.74. The van der Waals surface area contributed by atoms with Gasteiger partial charge in [-0.05, 0) is 6.92 Å². The zero-order valence-electron chi connectivity index (χ0n) is 6.20. The molecule has 0 amide bonds. The van der Waals surface area contributed by atoms with Crippen molar-refractivity contribution in [3.8, 4) is 0 Å². The van der Waals surface area contributed by atoms with Gasteiger partial charge in [-0.3, -0.25) is 9.35 Å². The lowest BCUT2D eigenvalue weighted by atomic mass is 10.4. The third-order valence-electron chi connectivity index (χ3n) is 0.911. The molecule has 0 aromatic rings. The fraction of sp³-hybridized carbons (Fsp3) is 0.800. The number of carbonyl (C=O) groups is 1. The van der Waals surface area contributed by atoms with Gasteiger partial charge < -0.3 is 5.32 Å². The van der Waals surface area contributed by atoms with E-state index in [0.717, 1.165) is 0 Å². The van der Waals surface area contributed by atoms with Crippen LogP contribution in [0.1, 0.15) is 6.92 Å². The number of nitrogens with one attached hydrogen (secondary N) is 1. The van der Waals surface area contributed by atoms with Crippen LogP contribution in [0.2, 0.25) is 0 Å². The smallest absolute Gasteiger partial charge is 0.266 e. The fourth-order valence-electron chi connectivity index (χ4n) is 0.466. The molecule has 0 aromatic carbocycles. The molecule has 6 heteroatoms. The Morgan fingerprint density at radius 1 is 1.55 bits per heavy atom. The number of hydrogen-bond donors (Lipinski definition) is 2. The average Bonchev–Trinajstić information content (AvgIpc) is 1.78. The van der Waals surface area contributed by atoms with Crippen LogP contribution < -0.4 is 5.32 Å². The molecule has 0 aromatic heterocycles. The van der Waals surface area contributed by atoms with Crippen molar-refractivity contribution in [3.05, 3.63) is 0 Å². The van der Waals surface area contributed by atoms with Crippen molar-refractivity contribution in [3.63, 3.8) is 0 Å². The molecule has 0 aliphatic carbocycles. The maximum atomic E-state index is 10.3. The lowest BCUT2D eigenvalue weighted by molar-refractivity contribution is -0.116. The van der Waals surface area contributed by atoms with Crippen LogP contribution in [-0.2, 0) is 14.9 Å². The Kier molecular flexibility index (Phi) is 4.24. The molecule has 2 N–H and O–H groups in total. The molecule has 0 heterocycles. The predicted molar refractivity (Wildman–Crippen MR) is 40.0 cm³/mol. The van der Waals surface area contributed by atoms with E-state index in [-0.39, 0.29) is 24.6 Å². The van der Waals surface area contributed by atoms with Crippen LogP contribution in [0, 0.1) is 0 Å². The molecular weight excluding hydrogens is 170 g/mol. The van der Waals surface area contributed by atoms with E-state index in [1.54, 1.807) is 0 Å². The van der Waals surface area contributed by atoms with Crippen molar-refractivity contribution in [1.82, 2.24) is 5.32 Å². The quantitative estimate of drug-likeness (QED) is 0.422. The molecule has 0 bridgehead atoms. The zero-order valence-corrected chi connectivity index (χ0v) is 7.02. The Balaban J connectivity index is 3.37. The molecule has 0 unspecified atom stereocenters. The van der Waals surface area contributed by atoms with Crippen molar-refractivity contribution in [2.45, 2.75) is 6.92 Å². The number of carbonyl (C=O) groups excluding carboxylic acids is 1. The Morgan fingerprint density at radius 3 is 2.45 bits per heavy atom. The molecule has 0 aliphatic heterocycles. The third kappa shape index (κ3) is 9.54. The highest BCUT2D eigenvalue weighted by Crippen LogP contribution is 1.78. The number of hydrogen-bond acceptors (Lipinski definition) is 4. The molecule has 0 atom stereocenters. The Morgan fingerprint density at radius 2 is 2.09 bits per heavy atom. The van der Waals surface area contributed by atoms with Crippen LogP contribution in [0.25, 0.3) is 0 Å². The highest BCUT2D eigenvalue weighted by atomic mass is 32.2. The fourth-order valence-corrected chi connectivity index (χ4v) is 0.868. The largest absolute Gasteiger partial charge is 0.309 e. The van der Waals surface area contributed by atoms with E-state index in [4.69, 9.17) is 4.55 Å². The van der Waals surface area contributed by atoms with Crippen LogP contribution in [-0.4, -0.2) is 37.6 Å². The van der Waals surface area contributed by atoms with Crippen LogP contribution in [0.4, 0.5) is 0 Å². The molecule has 5 nitrogen and oxygen atoms in total. The van der Waals surface area contributed by atoms with Gasteiger partial charge >= 0.3 is 0 Å². The first-order valence-corrected chi connectivity index (χ1v) is 4.68. The maximum absolute atomic E-state index is 10.3. The van der Waals surface area contributed by atoms with Crippen molar-refractivity contribution >= 4 is 15.9 Å². The van der Waals surface area contributed by atoms with Crippen molar-refractivity contribution in [1.29, 1.82) is 0 Å². The SMILES string of the molecule is CC(=O)CNCCS(=O)(=O)O. The normalized spacial score (nSPS) is 11.5. The summed E-state index contributed by atoms with van der Waals surface area (Å²) in [6.07, 6.45) is 0. The number of rotatable bonds is 5. The standard InChI is InChI=1S/C5H11NO4S/c1-5(7)4-6-2-3-11(8,9)10/h6H,2-4H2,1H3,(H,8,9,10). The second kappa shape index (κ2) is 4.42. The van der Waals surface area contributed by atoms with Crippen molar-refractivity contribution < 1.29 is 17.8 Å². The Bertz CT molecular complexity index is 221. The van der Waals surface area contributed by atoms with E-state index in [0.29, 0.717) is 0 Å². The molecule has 0 rings (SSSR count). The van der Waals surface area contributed by atoms with Crippen molar-refractivity contribution in [2.75, 3.05) is 18.8 Å². The molecule has 0 fully saturated rings. The third-order valence-corrected chi connectivity index (χ3v) is 1.63. The van der Waals surface area contributed by atoms with Gasteiger partial charge in [-0.15, -0.1) is 0 Å². The van der Waals surface area contributed by atoms with E-state index in [9.17, 15) is 13.2 Å². The van der Waals surface area contributed by atoms with E-state index in [1.165, 1.54) is 6.92 Å². The van der Waals surface area contributed by atoms with Gasteiger partial charge in [0.2, 0.25) is 0 Å². The van der Waals surface area contributed by atoms with Crippen LogP contribution in [0.3, 0.4) is 0 Å². The number of ketones is 1. The summed E-state index contributed by atoms with van der Waals surface area (Å²) in [5, 5.41) is 2.55. The van der Waals surface area contributed by atoms with Crippen LogP contribution in [0.5, 0.6) is 0 Å². The second-order valence-electron chi connectivity index (χ2n) is 2.16. The first-order valence-electron chi connectivity index (χ1n) is 3.07. The number of Topliss-reactive ketones (excluding diaryl/α,β-unsaturated/α-hetero) is 1. The first-order chi connectivity index (χ1) is 4.92. The summed E-state index contributed by atoms with van der Waals surface area (Å²) in [6, 6.07) is 0. The molecule has 0 aliphatic rings. The van der Waals surface area contributed by atoms with Gasteiger partial charge in [-0.2, -0.15) is 8.42 Å². The van der Waals surface area contributed by atoms with Gasteiger partial charge in [-0.1, -0.05) is 0 Å². The van der Waals surface area contributed by atoms with Crippen molar-refractivity contribution in [2.24, 2.45) is 0 Å². The Hall–Kier alpha value is -0.460. The monoisotopic (exact) mass is 181 g/mol. The minimum Gasteiger partial charge on any atom is -0.309 e. The van der Waals surface area contributed by atoms with Gasteiger partial charge in [0, 0.05) is 6.54 Å². The summed E-state index contributed by atoms with van der Waals surface area (Å²) in [7, 11) is -3.90. The molecular formula is C5H11NO4S. The minimum absolute atomic E-state index is 0.0691. The summed E-state index contributed by atoms with van der Waals surface area (Å²) in [5.74, 6) is -0.430. The van der Waals surface area contributed by atoms with E-state index in [2.05, 4.69) is 5.32 Å².